The van der Waals surface area contributed by atoms with Gasteiger partial charge in [-0.25, -0.2) is 8.78 Å². The van der Waals surface area contributed by atoms with Crippen molar-refractivity contribution in [3.05, 3.63) is 0 Å². The average molecular weight is 202 g/mol. The van der Waals surface area contributed by atoms with Gasteiger partial charge in [-0.1, -0.05) is 0 Å². The van der Waals surface area contributed by atoms with Crippen LogP contribution in [0.1, 0.15) is 51.4 Å². The molecular formula is C12H20F2. The number of hydrogen-bond donors (Lipinski definition) is 0. The quantitative estimate of drug-likeness (QED) is 0.602. The van der Waals surface area contributed by atoms with Gasteiger partial charge < -0.3 is 0 Å². The lowest BCUT2D eigenvalue weighted by Crippen LogP contribution is -2.26. The zero-order chi connectivity index (χ0) is 9.97. The fourth-order valence-electron chi connectivity index (χ4n) is 3.10. The molecule has 82 valence electrons. The topological polar surface area (TPSA) is 0 Å². The van der Waals surface area contributed by atoms with Gasteiger partial charge in [-0.15, -0.1) is 0 Å². The molecule has 14 heavy (non-hydrogen) atoms. The zero-order valence-electron chi connectivity index (χ0n) is 8.72. The highest BCUT2D eigenvalue weighted by Crippen LogP contribution is 2.39. The van der Waals surface area contributed by atoms with Gasteiger partial charge in [-0.2, -0.15) is 0 Å². The van der Waals surface area contributed by atoms with Gasteiger partial charge in [0.2, 0.25) is 0 Å². The van der Waals surface area contributed by atoms with E-state index < -0.39 is 12.3 Å². The molecule has 0 spiro atoms. The molecule has 2 fully saturated rings. The van der Waals surface area contributed by atoms with E-state index in [1.54, 1.807) is 0 Å². The number of hydrogen-bond acceptors (Lipinski definition) is 0. The van der Waals surface area contributed by atoms with Crippen LogP contribution in [0.5, 0.6) is 0 Å². The van der Waals surface area contributed by atoms with E-state index in [0.717, 1.165) is 51.4 Å². The van der Waals surface area contributed by atoms with E-state index in [4.69, 9.17) is 0 Å². The molecule has 0 N–H and O–H groups in total. The van der Waals surface area contributed by atoms with Gasteiger partial charge >= 0.3 is 0 Å². The lowest BCUT2D eigenvalue weighted by atomic mass is 9.73. The second-order valence-corrected chi connectivity index (χ2v) is 5.02. The monoisotopic (exact) mass is 202 g/mol. The van der Waals surface area contributed by atoms with E-state index >= 15 is 0 Å². The van der Waals surface area contributed by atoms with Crippen molar-refractivity contribution in [2.75, 3.05) is 0 Å². The summed E-state index contributed by atoms with van der Waals surface area (Å²) in [6.45, 7) is 0. The molecule has 0 atom stereocenters. The Labute approximate surface area is 85.1 Å². The van der Waals surface area contributed by atoms with Crippen LogP contribution >= 0.6 is 0 Å². The zero-order valence-corrected chi connectivity index (χ0v) is 8.72. The highest BCUT2D eigenvalue weighted by Gasteiger charge is 2.30. The summed E-state index contributed by atoms with van der Waals surface area (Å²) in [5.41, 5.74) is 0. The molecule has 2 rings (SSSR count). The summed E-state index contributed by atoms with van der Waals surface area (Å²) in [5.74, 6) is 1.41. The van der Waals surface area contributed by atoms with Gasteiger partial charge in [-0.3, -0.25) is 0 Å². The Bertz CT molecular complexity index is 145. The first-order chi connectivity index (χ1) is 6.75. The van der Waals surface area contributed by atoms with Crippen molar-refractivity contribution in [2.45, 2.75) is 63.7 Å². The van der Waals surface area contributed by atoms with Crippen molar-refractivity contribution in [3.63, 3.8) is 0 Å². The molecule has 2 saturated carbocycles. The highest BCUT2D eigenvalue weighted by molar-refractivity contribution is 4.81. The van der Waals surface area contributed by atoms with E-state index in [2.05, 4.69) is 0 Å². The van der Waals surface area contributed by atoms with Crippen LogP contribution in [0.2, 0.25) is 0 Å². The van der Waals surface area contributed by atoms with Crippen molar-refractivity contribution in [1.29, 1.82) is 0 Å². The lowest BCUT2D eigenvalue weighted by Gasteiger charge is -2.34. The van der Waals surface area contributed by atoms with Gasteiger partial charge in [0.25, 0.3) is 0 Å². The van der Waals surface area contributed by atoms with Gasteiger partial charge in [0.15, 0.2) is 0 Å². The third kappa shape index (κ3) is 2.46. The summed E-state index contributed by atoms with van der Waals surface area (Å²) in [6.07, 6.45) is 6.07. The second kappa shape index (κ2) is 4.59. The molecule has 0 aromatic heterocycles. The minimum absolute atomic E-state index is 0.552. The van der Waals surface area contributed by atoms with E-state index in [1.807, 2.05) is 0 Å². The average Bonchev–Trinajstić information content (AvgIpc) is 2.21. The molecule has 0 saturated heterocycles. The molecule has 0 bridgehead atoms. The molecule has 0 nitrogen and oxygen atoms in total. The summed E-state index contributed by atoms with van der Waals surface area (Å²) < 4.78 is 25.9. The number of rotatable bonds is 1. The molecule has 0 radical (unpaired) electrons. The first-order valence-corrected chi connectivity index (χ1v) is 6.04. The van der Waals surface area contributed by atoms with Crippen LogP contribution in [0.25, 0.3) is 0 Å². The van der Waals surface area contributed by atoms with Crippen LogP contribution in [0.15, 0.2) is 0 Å². The van der Waals surface area contributed by atoms with E-state index in [9.17, 15) is 8.78 Å². The molecule has 0 amide bonds. The van der Waals surface area contributed by atoms with Crippen molar-refractivity contribution in [2.24, 2.45) is 11.8 Å². The molecule has 2 aliphatic carbocycles. The lowest BCUT2D eigenvalue weighted by molar-refractivity contribution is 0.116. The Balaban J connectivity index is 1.78. The van der Waals surface area contributed by atoms with Crippen LogP contribution in [0.3, 0.4) is 0 Å². The van der Waals surface area contributed by atoms with Crippen molar-refractivity contribution >= 4 is 0 Å². The Morgan fingerprint density at radius 1 is 0.500 bits per heavy atom. The van der Waals surface area contributed by atoms with Gasteiger partial charge in [0.05, 0.1) is 0 Å². The van der Waals surface area contributed by atoms with Gasteiger partial charge in [0.1, 0.15) is 12.3 Å². The van der Waals surface area contributed by atoms with Crippen molar-refractivity contribution in [3.8, 4) is 0 Å². The van der Waals surface area contributed by atoms with Gasteiger partial charge in [0, 0.05) is 0 Å². The van der Waals surface area contributed by atoms with Crippen LogP contribution in [-0.2, 0) is 0 Å². The maximum absolute atomic E-state index is 12.9. The van der Waals surface area contributed by atoms with Gasteiger partial charge in [-0.05, 0) is 63.2 Å². The Morgan fingerprint density at radius 3 is 1.07 bits per heavy atom. The standard InChI is InChI=1S/C12H20F2/c13-11-5-1-9(2-6-11)10-3-7-12(14)8-4-10/h9-12H,1-8H2/t9-,10-,11+,12+. The predicted octanol–water partition coefficient (Wildman–Crippen LogP) is 4.04. The summed E-state index contributed by atoms with van der Waals surface area (Å²) in [6, 6.07) is 0. The van der Waals surface area contributed by atoms with E-state index in [-0.39, 0.29) is 0 Å². The predicted molar refractivity (Wildman–Crippen MR) is 53.7 cm³/mol. The summed E-state index contributed by atoms with van der Waals surface area (Å²) in [7, 11) is 0. The largest absolute Gasteiger partial charge is 0.247 e. The molecule has 0 aliphatic heterocycles. The maximum atomic E-state index is 12.9. The van der Waals surface area contributed by atoms with Crippen LogP contribution in [-0.4, -0.2) is 12.3 Å². The molecule has 0 heterocycles. The second-order valence-electron chi connectivity index (χ2n) is 5.02. The fourth-order valence-corrected chi connectivity index (χ4v) is 3.10. The summed E-state index contributed by atoms with van der Waals surface area (Å²) in [4.78, 5) is 0. The number of halogens is 2. The maximum Gasteiger partial charge on any atom is 0.100 e. The molecule has 0 aromatic rings. The molecule has 0 aromatic carbocycles. The fraction of sp³-hybridized carbons (Fsp3) is 1.00. The Kier molecular flexibility index (Phi) is 3.40. The first-order valence-electron chi connectivity index (χ1n) is 6.04. The summed E-state index contributed by atoms with van der Waals surface area (Å²) in [5, 5.41) is 0. The third-order valence-electron chi connectivity index (χ3n) is 4.07. The molecular weight excluding hydrogens is 182 g/mol. The van der Waals surface area contributed by atoms with E-state index in [0.29, 0.717) is 11.8 Å². The van der Waals surface area contributed by atoms with Crippen LogP contribution in [0, 0.1) is 11.8 Å². The molecule has 2 heteroatoms. The Hall–Kier alpha value is -0.140. The smallest absolute Gasteiger partial charge is 0.100 e. The number of alkyl halides is 2. The van der Waals surface area contributed by atoms with Crippen LogP contribution < -0.4 is 0 Å². The highest BCUT2D eigenvalue weighted by atomic mass is 19.1. The minimum atomic E-state index is -0.552. The molecule has 2 aliphatic rings. The molecule has 0 unspecified atom stereocenters. The van der Waals surface area contributed by atoms with Crippen molar-refractivity contribution in [1.82, 2.24) is 0 Å². The minimum Gasteiger partial charge on any atom is -0.247 e. The van der Waals surface area contributed by atoms with E-state index in [1.165, 1.54) is 0 Å². The Morgan fingerprint density at radius 2 is 0.786 bits per heavy atom. The first kappa shape index (κ1) is 10.4. The third-order valence-corrected chi connectivity index (χ3v) is 4.07. The van der Waals surface area contributed by atoms with Crippen LogP contribution in [0.4, 0.5) is 8.78 Å². The van der Waals surface area contributed by atoms with Crippen molar-refractivity contribution < 1.29 is 8.78 Å². The SMILES string of the molecule is F[C@H]1CC[C@@H]([C@H]2CC[C@@H](F)CC2)CC1. The summed E-state index contributed by atoms with van der Waals surface area (Å²) >= 11 is 0. The normalized spacial score (nSPS) is 45.0.